The van der Waals surface area contributed by atoms with Crippen LogP contribution < -0.4 is 5.32 Å². The molecule has 1 N–H and O–H groups in total. The maximum atomic E-state index is 12.2. The molecule has 0 atom stereocenters. The number of thiazole rings is 1. The summed E-state index contributed by atoms with van der Waals surface area (Å²) in [7, 11) is -2.24. The summed E-state index contributed by atoms with van der Waals surface area (Å²) in [6.07, 6.45) is 1.82. The van der Waals surface area contributed by atoms with Crippen LogP contribution in [0.4, 0.5) is 0 Å². The molecule has 6 nitrogen and oxygen atoms in total. The Hall–Kier alpha value is -0.700. The molecule has 0 aliphatic carbocycles. The summed E-state index contributed by atoms with van der Waals surface area (Å²) in [6.45, 7) is 1.90. The van der Waals surface area contributed by atoms with Gasteiger partial charge < -0.3 is 5.32 Å². The van der Waals surface area contributed by atoms with Gasteiger partial charge >= 0.3 is 0 Å². The predicted molar refractivity (Wildman–Crippen MR) is 70.2 cm³/mol. The fourth-order valence-corrected chi connectivity index (χ4v) is 4.20. The Bertz CT molecular complexity index is 515. The van der Waals surface area contributed by atoms with Gasteiger partial charge in [0.2, 0.25) is 5.91 Å². The number of carbonyl (C=O) groups excluding carboxylic acids is 1. The van der Waals surface area contributed by atoms with E-state index in [-0.39, 0.29) is 27.7 Å². The predicted octanol–water partition coefficient (Wildman–Crippen LogP) is 0.943. The maximum Gasteiger partial charge on any atom is 0.254 e. The second kappa shape index (κ2) is 6.46. The number of halogens is 1. The van der Waals surface area contributed by atoms with E-state index in [9.17, 15) is 13.2 Å². The van der Waals surface area contributed by atoms with Crippen molar-refractivity contribution in [2.45, 2.75) is 17.6 Å². The summed E-state index contributed by atoms with van der Waals surface area (Å²) in [6, 6.07) is 0. The SMILES string of the molecule is CCCN(CC(=O)NC)S(=O)(=O)c1cnc(Cl)s1. The van der Waals surface area contributed by atoms with Gasteiger partial charge in [-0.3, -0.25) is 4.79 Å². The molecule has 1 heterocycles. The number of nitrogens with zero attached hydrogens (tertiary/aromatic N) is 2. The average Bonchev–Trinajstić information content (AvgIpc) is 2.75. The van der Waals surface area contributed by atoms with Gasteiger partial charge in [-0.05, 0) is 6.42 Å². The van der Waals surface area contributed by atoms with Crippen molar-refractivity contribution in [3.05, 3.63) is 10.7 Å². The highest BCUT2D eigenvalue weighted by atomic mass is 35.5. The van der Waals surface area contributed by atoms with Gasteiger partial charge in [-0.25, -0.2) is 13.4 Å². The van der Waals surface area contributed by atoms with E-state index >= 15 is 0 Å². The fraction of sp³-hybridized carbons (Fsp3) is 0.556. The van der Waals surface area contributed by atoms with Gasteiger partial charge in [0.1, 0.15) is 0 Å². The summed E-state index contributed by atoms with van der Waals surface area (Å²) < 4.78 is 25.8. The lowest BCUT2D eigenvalue weighted by atomic mass is 10.4. The Morgan fingerprint density at radius 2 is 2.28 bits per heavy atom. The minimum absolute atomic E-state index is 0.0462. The van der Waals surface area contributed by atoms with Crippen LogP contribution in [0.5, 0.6) is 0 Å². The van der Waals surface area contributed by atoms with E-state index < -0.39 is 10.0 Å². The number of sulfonamides is 1. The lowest BCUT2D eigenvalue weighted by Gasteiger charge is -2.19. The zero-order valence-corrected chi connectivity index (χ0v) is 12.4. The molecule has 1 aromatic rings. The van der Waals surface area contributed by atoms with Crippen LogP contribution in [0.2, 0.25) is 4.47 Å². The zero-order valence-electron chi connectivity index (χ0n) is 10.0. The van der Waals surface area contributed by atoms with Crippen LogP contribution in [0.1, 0.15) is 13.3 Å². The highest BCUT2D eigenvalue weighted by molar-refractivity contribution is 7.91. The molecule has 0 spiro atoms. The van der Waals surface area contributed by atoms with Crippen molar-refractivity contribution in [1.29, 1.82) is 0 Å². The quantitative estimate of drug-likeness (QED) is 0.848. The number of amides is 1. The first-order valence-corrected chi connectivity index (χ1v) is 7.87. The molecule has 0 fully saturated rings. The number of aromatic nitrogens is 1. The zero-order chi connectivity index (χ0) is 13.8. The largest absolute Gasteiger partial charge is 0.358 e. The molecule has 0 unspecified atom stereocenters. The maximum absolute atomic E-state index is 12.2. The Kier molecular flexibility index (Phi) is 5.51. The summed E-state index contributed by atoms with van der Waals surface area (Å²) in [5.41, 5.74) is 0. The Labute approximate surface area is 115 Å². The molecule has 0 aliphatic rings. The smallest absolute Gasteiger partial charge is 0.254 e. The second-order valence-corrected chi connectivity index (χ2v) is 7.22. The van der Waals surface area contributed by atoms with Crippen molar-refractivity contribution >= 4 is 38.9 Å². The normalized spacial score (nSPS) is 11.8. The number of hydrogen-bond acceptors (Lipinski definition) is 5. The summed E-state index contributed by atoms with van der Waals surface area (Å²) in [5.74, 6) is -0.359. The number of likely N-dealkylation sites (N-methyl/N-ethyl adjacent to an activating group) is 1. The van der Waals surface area contributed by atoms with Crippen LogP contribution in [0.3, 0.4) is 0 Å². The van der Waals surface area contributed by atoms with Crippen molar-refractivity contribution in [3.63, 3.8) is 0 Å². The molecule has 0 saturated carbocycles. The van der Waals surface area contributed by atoms with E-state index in [0.717, 1.165) is 15.6 Å². The van der Waals surface area contributed by atoms with Gasteiger partial charge in [0.05, 0.1) is 12.7 Å². The van der Waals surface area contributed by atoms with Crippen LogP contribution in [0.25, 0.3) is 0 Å². The van der Waals surface area contributed by atoms with Crippen molar-refractivity contribution in [2.75, 3.05) is 20.1 Å². The molecule has 0 bridgehead atoms. The lowest BCUT2D eigenvalue weighted by Crippen LogP contribution is -2.39. The molecule has 9 heteroatoms. The van der Waals surface area contributed by atoms with E-state index in [1.54, 1.807) is 0 Å². The van der Waals surface area contributed by atoms with Gasteiger partial charge in [0.25, 0.3) is 10.0 Å². The van der Waals surface area contributed by atoms with Gasteiger partial charge in [-0.1, -0.05) is 29.9 Å². The molecule has 0 aromatic carbocycles. The molecule has 0 aliphatic heterocycles. The minimum atomic E-state index is -3.70. The Morgan fingerprint density at radius 1 is 1.61 bits per heavy atom. The number of carbonyl (C=O) groups is 1. The lowest BCUT2D eigenvalue weighted by molar-refractivity contribution is -0.120. The molecule has 1 amide bonds. The van der Waals surface area contributed by atoms with E-state index in [4.69, 9.17) is 11.6 Å². The van der Waals surface area contributed by atoms with E-state index in [1.807, 2.05) is 6.92 Å². The first kappa shape index (κ1) is 15.4. The molecule has 0 radical (unpaired) electrons. The summed E-state index contributed by atoms with van der Waals surface area (Å²) in [5, 5.41) is 2.40. The Morgan fingerprint density at radius 3 is 2.72 bits per heavy atom. The van der Waals surface area contributed by atoms with Gasteiger partial charge in [-0.15, -0.1) is 0 Å². The third-order valence-electron chi connectivity index (χ3n) is 2.12. The molecule has 1 rings (SSSR count). The average molecular weight is 312 g/mol. The third-order valence-corrected chi connectivity index (χ3v) is 5.52. The van der Waals surface area contributed by atoms with Crippen molar-refractivity contribution in [1.82, 2.24) is 14.6 Å². The van der Waals surface area contributed by atoms with Gasteiger partial charge in [0.15, 0.2) is 8.68 Å². The highest BCUT2D eigenvalue weighted by Gasteiger charge is 2.27. The molecule has 1 aromatic heterocycles. The fourth-order valence-electron chi connectivity index (χ4n) is 1.26. The summed E-state index contributed by atoms with van der Waals surface area (Å²) in [4.78, 5) is 15.0. The number of rotatable bonds is 6. The molecular weight excluding hydrogens is 298 g/mol. The third kappa shape index (κ3) is 3.64. The van der Waals surface area contributed by atoms with Crippen LogP contribution in [-0.4, -0.2) is 43.8 Å². The van der Waals surface area contributed by atoms with E-state index in [1.165, 1.54) is 13.2 Å². The molecule has 102 valence electrons. The van der Waals surface area contributed by atoms with Crippen molar-refractivity contribution < 1.29 is 13.2 Å². The second-order valence-electron chi connectivity index (χ2n) is 3.44. The monoisotopic (exact) mass is 311 g/mol. The summed E-state index contributed by atoms with van der Waals surface area (Å²) >= 11 is 6.50. The van der Waals surface area contributed by atoms with Gasteiger partial charge in [-0.2, -0.15) is 4.31 Å². The van der Waals surface area contributed by atoms with Gasteiger partial charge in [0, 0.05) is 13.6 Å². The van der Waals surface area contributed by atoms with Crippen molar-refractivity contribution in [3.8, 4) is 0 Å². The van der Waals surface area contributed by atoms with E-state index in [2.05, 4.69) is 10.3 Å². The minimum Gasteiger partial charge on any atom is -0.358 e. The van der Waals surface area contributed by atoms with Crippen LogP contribution in [-0.2, 0) is 14.8 Å². The highest BCUT2D eigenvalue weighted by Crippen LogP contribution is 2.25. The number of nitrogens with one attached hydrogen (secondary N) is 1. The van der Waals surface area contributed by atoms with E-state index in [0.29, 0.717) is 6.42 Å². The first-order valence-electron chi connectivity index (χ1n) is 5.23. The molecular formula is C9H14ClN3O3S2. The topological polar surface area (TPSA) is 79.4 Å². The number of hydrogen-bond donors (Lipinski definition) is 1. The standard InChI is InChI=1S/C9H14ClN3O3S2/c1-3-4-13(6-7(14)11-2)18(15,16)8-5-12-9(10)17-8/h5H,3-4,6H2,1-2H3,(H,11,14). The Balaban J connectivity index is 3.00. The van der Waals surface area contributed by atoms with Crippen LogP contribution in [0.15, 0.2) is 10.4 Å². The van der Waals surface area contributed by atoms with Crippen LogP contribution in [0, 0.1) is 0 Å². The van der Waals surface area contributed by atoms with Crippen molar-refractivity contribution in [2.24, 2.45) is 0 Å². The van der Waals surface area contributed by atoms with Crippen LogP contribution >= 0.6 is 22.9 Å². The first-order chi connectivity index (χ1) is 8.41. The molecule has 18 heavy (non-hydrogen) atoms. The molecule has 0 saturated heterocycles.